The summed E-state index contributed by atoms with van der Waals surface area (Å²) in [5, 5.41) is 11.0. The standard InChI is InChI=1S/C43H46ClN3O3/c1-27(2)28-7-9-30(10-8-28)40-41-34-24-32(14-11-29(34)12-16-38(41)50-39-26-43(3,4)25-37(48)42(39)40)49-22-6-19-45-18-5-20-46-35-17-21-47-36-23-31(44)13-15-33(35)36/h7-17,21,23-24,27,40,45H,5-6,18-20,22,25-26H2,1-4H3,(H,46,47). The lowest BCUT2D eigenvalue weighted by Gasteiger charge is -2.39. The van der Waals surface area contributed by atoms with Gasteiger partial charge in [-0.25, -0.2) is 0 Å². The van der Waals surface area contributed by atoms with Crippen LogP contribution in [0.5, 0.6) is 11.5 Å². The van der Waals surface area contributed by atoms with Crippen molar-refractivity contribution in [3.8, 4) is 11.5 Å². The molecule has 7 rings (SSSR count). The van der Waals surface area contributed by atoms with Crippen molar-refractivity contribution in [3.63, 3.8) is 0 Å². The van der Waals surface area contributed by atoms with Gasteiger partial charge in [0, 0.05) is 58.7 Å². The Labute approximate surface area is 300 Å². The van der Waals surface area contributed by atoms with Crippen LogP contribution in [0.2, 0.25) is 5.02 Å². The van der Waals surface area contributed by atoms with Crippen LogP contribution in [0.15, 0.2) is 96.4 Å². The number of hydrogen-bond acceptors (Lipinski definition) is 6. The number of nitrogens with one attached hydrogen (secondary N) is 2. The molecule has 2 aliphatic rings. The molecule has 1 atom stereocenters. The first-order valence-corrected chi connectivity index (χ1v) is 18.3. The number of halogens is 1. The molecule has 0 spiro atoms. The maximum absolute atomic E-state index is 13.8. The summed E-state index contributed by atoms with van der Waals surface area (Å²) in [6.07, 6.45) is 4.97. The molecule has 7 heteroatoms. The third kappa shape index (κ3) is 7.24. The number of Topliss-reactive ketones (excluding diaryl/α,β-unsaturated/α-hetero) is 1. The van der Waals surface area contributed by atoms with Crippen LogP contribution in [0.4, 0.5) is 5.69 Å². The minimum Gasteiger partial charge on any atom is -0.494 e. The number of anilines is 1. The highest BCUT2D eigenvalue weighted by atomic mass is 35.5. The average molecular weight is 688 g/mol. The fourth-order valence-corrected chi connectivity index (χ4v) is 7.54. The van der Waals surface area contributed by atoms with Crippen LogP contribution in [0.1, 0.15) is 81.9 Å². The van der Waals surface area contributed by atoms with Crippen LogP contribution in [0.25, 0.3) is 21.7 Å². The number of hydrogen-bond donors (Lipinski definition) is 2. The van der Waals surface area contributed by atoms with E-state index in [9.17, 15) is 4.79 Å². The largest absolute Gasteiger partial charge is 0.494 e. The summed E-state index contributed by atoms with van der Waals surface area (Å²) in [5.74, 6) is 2.91. The predicted molar refractivity (Wildman–Crippen MR) is 205 cm³/mol. The summed E-state index contributed by atoms with van der Waals surface area (Å²) in [4.78, 5) is 18.3. The molecule has 5 aromatic rings. The summed E-state index contributed by atoms with van der Waals surface area (Å²) in [5.41, 5.74) is 6.11. The second-order valence-electron chi connectivity index (χ2n) is 14.7. The van der Waals surface area contributed by atoms with E-state index in [1.165, 1.54) is 5.56 Å². The topological polar surface area (TPSA) is 72.5 Å². The molecule has 0 saturated heterocycles. The molecule has 0 bridgehead atoms. The summed E-state index contributed by atoms with van der Waals surface area (Å²) in [6, 6.07) is 27.1. The average Bonchev–Trinajstić information content (AvgIpc) is 3.09. The van der Waals surface area contributed by atoms with E-state index in [4.69, 9.17) is 21.1 Å². The Hall–Kier alpha value is -4.39. The highest BCUT2D eigenvalue weighted by Crippen LogP contribution is 2.52. The molecule has 50 heavy (non-hydrogen) atoms. The van der Waals surface area contributed by atoms with Crippen molar-refractivity contribution in [2.75, 3.05) is 31.6 Å². The molecule has 1 aliphatic carbocycles. The van der Waals surface area contributed by atoms with Gasteiger partial charge in [-0.1, -0.05) is 75.7 Å². The molecular weight excluding hydrogens is 642 g/mol. The normalized spacial score (nSPS) is 16.8. The van der Waals surface area contributed by atoms with Gasteiger partial charge >= 0.3 is 0 Å². The van der Waals surface area contributed by atoms with E-state index < -0.39 is 0 Å². The summed E-state index contributed by atoms with van der Waals surface area (Å²) in [7, 11) is 0. The van der Waals surface area contributed by atoms with Crippen molar-refractivity contribution in [1.29, 1.82) is 0 Å². The van der Waals surface area contributed by atoms with Crippen LogP contribution in [-0.2, 0) is 4.79 Å². The Morgan fingerprint density at radius 1 is 0.920 bits per heavy atom. The zero-order valence-electron chi connectivity index (χ0n) is 29.4. The van der Waals surface area contributed by atoms with Crippen LogP contribution in [0.3, 0.4) is 0 Å². The van der Waals surface area contributed by atoms with E-state index in [0.717, 1.165) is 100 Å². The number of nitrogens with zero attached hydrogens (tertiary/aromatic N) is 1. The summed E-state index contributed by atoms with van der Waals surface area (Å²) >= 11 is 6.13. The first kappa shape index (κ1) is 34.1. The van der Waals surface area contributed by atoms with E-state index >= 15 is 0 Å². The van der Waals surface area contributed by atoms with Gasteiger partial charge < -0.3 is 20.1 Å². The van der Waals surface area contributed by atoms with Crippen LogP contribution in [0, 0.1) is 5.41 Å². The van der Waals surface area contributed by atoms with E-state index in [2.05, 4.69) is 91.8 Å². The number of fused-ring (bicyclic) bond motifs is 4. The number of carbonyl (C=O) groups is 1. The Morgan fingerprint density at radius 2 is 1.72 bits per heavy atom. The molecule has 1 aliphatic heterocycles. The number of pyridine rings is 1. The number of rotatable bonds is 12. The molecule has 0 fully saturated rings. The molecule has 0 saturated carbocycles. The molecule has 1 aromatic heterocycles. The number of benzene rings is 4. The number of ketones is 1. The summed E-state index contributed by atoms with van der Waals surface area (Å²) in [6.45, 7) is 12.0. The highest BCUT2D eigenvalue weighted by molar-refractivity contribution is 6.31. The van der Waals surface area contributed by atoms with E-state index in [1.807, 2.05) is 36.5 Å². The van der Waals surface area contributed by atoms with Crippen molar-refractivity contribution in [1.82, 2.24) is 10.3 Å². The number of carbonyl (C=O) groups excluding carboxylic acids is 1. The lowest BCUT2D eigenvalue weighted by Crippen LogP contribution is -2.33. The second-order valence-corrected chi connectivity index (χ2v) is 15.2. The lowest BCUT2D eigenvalue weighted by atomic mass is 9.69. The number of aromatic nitrogens is 1. The molecule has 6 nitrogen and oxygen atoms in total. The molecule has 2 N–H and O–H groups in total. The molecule has 258 valence electrons. The van der Waals surface area contributed by atoms with Crippen molar-refractivity contribution < 1.29 is 14.3 Å². The molecule has 1 unspecified atom stereocenters. The van der Waals surface area contributed by atoms with Gasteiger partial charge in [0.2, 0.25) is 0 Å². The van der Waals surface area contributed by atoms with Crippen molar-refractivity contribution >= 4 is 44.7 Å². The zero-order valence-corrected chi connectivity index (χ0v) is 30.2. The van der Waals surface area contributed by atoms with Gasteiger partial charge in [-0.3, -0.25) is 9.78 Å². The van der Waals surface area contributed by atoms with Gasteiger partial charge in [-0.15, -0.1) is 0 Å². The molecular formula is C43H46ClN3O3. The van der Waals surface area contributed by atoms with Crippen LogP contribution < -0.4 is 20.1 Å². The Kier molecular flexibility index (Phi) is 9.85. The molecule has 0 radical (unpaired) electrons. The van der Waals surface area contributed by atoms with Gasteiger partial charge in [0.1, 0.15) is 17.3 Å². The Balaban J connectivity index is 1.01. The van der Waals surface area contributed by atoms with Gasteiger partial charge in [-0.05, 0) is 102 Å². The van der Waals surface area contributed by atoms with Crippen molar-refractivity contribution in [3.05, 3.63) is 118 Å². The molecule has 2 heterocycles. The monoisotopic (exact) mass is 687 g/mol. The van der Waals surface area contributed by atoms with Crippen molar-refractivity contribution in [2.24, 2.45) is 5.41 Å². The van der Waals surface area contributed by atoms with Crippen molar-refractivity contribution in [2.45, 2.75) is 65.2 Å². The smallest absolute Gasteiger partial charge is 0.163 e. The fraction of sp³-hybridized carbons (Fsp3) is 0.349. The third-order valence-corrected chi connectivity index (χ3v) is 10.2. The Morgan fingerprint density at radius 3 is 2.54 bits per heavy atom. The van der Waals surface area contributed by atoms with Gasteiger partial charge in [0.05, 0.1) is 12.1 Å². The predicted octanol–water partition coefficient (Wildman–Crippen LogP) is 10.2. The maximum atomic E-state index is 13.8. The van der Waals surface area contributed by atoms with Crippen LogP contribution in [-0.4, -0.2) is 37.0 Å². The van der Waals surface area contributed by atoms with E-state index in [1.54, 1.807) is 0 Å². The lowest BCUT2D eigenvalue weighted by molar-refractivity contribution is -0.118. The van der Waals surface area contributed by atoms with E-state index in [0.29, 0.717) is 24.0 Å². The first-order valence-electron chi connectivity index (χ1n) is 17.9. The van der Waals surface area contributed by atoms with Gasteiger partial charge in [0.25, 0.3) is 0 Å². The maximum Gasteiger partial charge on any atom is 0.163 e. The summed E-state index contributed by atoms with van der Waals surface area (Å²) < 4.78 is 12.9. The Bertz CT molecular complexity index is 2070. The second kappa shape index (κ2) is 14.5. The third-order valence-electron chi connectivity index (χ3n) is 9.94. The number of allylic oxidation sites excluding steroid dienone is 2. The van der Waals surface area contributed by atoms with Gasteiger partial charge in [0.15, 0.2) is 5.78 Å². The quantitative estimate of drug-likeness (QED) is 0.127. The number of ether oxygens (including phenoxy) is 2. The minimum atomic E-state index is -0.188. The SMILES string of the molecule is CC(C)c1ccc(C2C3=C(CC(C)(C)CC3=O)Oc3ccc4ccc(OCCCNCCCNc5ccnc6cc(Cl)ccc56)cc4c32)cc1. The highest BCUT2D eigenvalue weighted by Gasteiger charge is 2.42. The van der Waals surface area contributed by atoms with Crippen LogP contribution >= 0.6 is 11.6 Å². The first-order chi connectivity index (χ1) is 24.2. The zero-order chi connectivity index (χ0) is 34.8. The van der Waals surface area contributed by atoms with Gasteiger partial charge in [-0.2, -0.15) is 0 Å². The fourth-order valence-electron chi connectivity index (χ4n) is 7.38. The molecule has 4 aromatic carbocycles. The molecule has 0 amide bonds. The van der Waals surface area contributed by atoms with E-state index in [-0.39, 0.29) is 17.1 Å². The minimum absolute atomic E-state index is 0.131.